The van der Waals surface area contributed by atoms with E-state index in [0.717, 1.165) is 36.4 Å². The number of nitrogens with zero attached hydrogens (tertiary/aromatic N) is 2. The molecule has 0 saturated carbocycles. The van der Waals surface area contributed by atoms with Gasteiger partial charge in [0.15, 0.2) is 0 Å². The zero-order chi connectivity index (χ0) is 12.4. The molecule has 1 aliphatic heterocycles. The second kappa shape index (κ2) is 4.67. The summed E-state index contributed by atoms with van der Waals surface area (Å²) >= 11 is 0. The van der Waals surface area contributed by atoms with Crippen molar-refractivity contribution in [2.24, 2.45) is 11.8 Å². The summed E-state index contributed by atoms with van der Waals surface area (Å²) in [4.78, 5) is 2.31. The third kappa shape index (κ3) is 2.21. The molecule has 90 valence electrons. The summed E-state index contributed by atoms with van der Waals surface area (Å²) in [6.45, 7) is 6.69. The van der Waals surface area contributed by atoms with Crippen molar-refractivity contribution in [3.05, 3.63) is 23.8 Å². The predicted molar refractivity (Wildman–Crippen MR) is 68.3 cm³/mol. The lowest BCUT2D eigenvalue weighted by atomic mass is 9.88. The number of anilines is 1. The van der Waals surface area contributed by atoms with Crippen molar-refractivity contribution in [3.8, 4) is 11.8 Å². The summed E-state index contributed by atoms with van der Waals surface area (Å²) in [5.41, 5.74) is 1.75. The summed E-state index contributed by atoms with van der Waals surface area (Å²) in [5, 5.41) is 8.85. The van der Waals surface area contributed by atoms with Crippen molar-refractivity contribution in [2.45, 2.75) is 13.8 Å². The molecule has 0 atom stereocenters. The molecular weight excluding hydrogens is 212 g/mol. The molecular formula is C14H18N2O. The molecule has 1 fully saturated rings. The predicted octanol–water partition coefficient (Wildman–Crippen LogP) is 2.66. The molecule has 1 aromatic rings. The Morgan fingerprint density at radius 3 is 2.65 bits per heavy atom. The van der Waals surface area contributed by atoms with Gasteiger partial charge < -0.3 is 9.64 Å². The topological polar surface area (TPSA) is 36.3 Å². The molecule has 0 aromatic heterocycles. The normalized spacial score (nSPS) is 15.6. The van der Waals surface area contributed by atoms with Gasteiger partial charge in [-0.15, -0.1) is 0 Å². The van der Waals surface area contributed by atoms with Crippen LogP contribution in [0.3, 0.4) is 0 Å². The van der Waals surface area contributed by atoms with Crippen LogP contribution in [0.4, 0.5) is 5.69 Å². The molecule has 1 aliphatic rings. The van der Waals surface area contributed by atoms with Gasteiger partial charge in [-0.05, 0) is 24.0 Å². The summed E-state index contributed by atoms with van der Waals surface area (Å²) in [6.07, 6.45) is 0. The molecule has 3 heteroatoms. The molecule has 1 heterocycles. The summed E-state index contributed by atoms with van der Waals surface area (Å²) in [7, 11) is 1.65. The first-order chi connectivity index (χ1) is 8.15. The van der Waals surface area contributed by atoms with Crippen LogP contribution < -0.4 is 9.64 Å². The molecule has 2 rings (SSSR count). The zero-order valence-corrected chi connectivity index (χ0v) is 10.6. The maximum absolute atomic E-state index is 8.85. The van der Waals surface area contributed by atoms with Gasteiger partial charge in [0.25, 0.3) is 0 Å². The van der Waals surface area contributed by atoms with Crippen LogP contribution >= 0.6 is 0 Å². The van der Waals surface area contributed by atoms with E-state index in [1.807, 2.05) is 12.1 Å². The maximum atomic E-state index is 8.85. The molecule has 3 nitrogen and oxygen atoms in total. The summed E-state index contributed by atoms with van der Waals surface area (Å²) in [5.74, 6) is 2.30. The highest BCUT2D eigenvalue weighted by molar-refractivity contribution is 5.62. The molecule has 0 bridgehead atoms. The van der Waals surface area contributed by atoms with Crippen LogP contribution in [0.5, 0.6) is 5.75 Å². The van der Waals surface area contributed by atoms with E-state index in [0.29, 0.717) is 5.56 Å². The quantitative estimate of drug-likeness (QED) is 0.801. The minimum atomic E-state index is 0.645. The highest BCUT2D eigenvalue weighted by Crippen LogP contribution is 2.35. The molecule has 0 unspecified atom stereocenters. The first-order valence-electron chi connectivity index (χ1n) is 5.98. The van der Waals surface area contributed by atoms with E-state index >= 15 is 0 Å². The van der Waals surface area contributed by atoms with E-state index in [2.05, 4.69) is 24.8 Å². The van der Waals surface area contributed by atoms with Crippen LogP contribution in [0.25, 0.3) is 0 Å². The number of rotatable bonds is 3. The zero-order valence-electron chi connectivity index (χ0n) is 10.6. The number of nitriles is 1. The van der Waals surface area contributed by atoms with Gasteiger partial charge in [0.2, 0.25) is 0 Å². The fraction of sp³-hybridized carbons (Fsp3) is 0.500. The fourth-order valence-corrected chi connectivity index (χ4v) is 2.14. The van der Waals surface area contributed by atoms with Crippen molar-refractivity contribution in [3.63, 3.8) is 0 Å². The lowest BCUT2D eigenvalue weighted by Crippen LogP contribution is -2.49. The highest BCUT2D eigenvalue weighted by atomic mass is 16.5. The Morgan fingerprint density at radius 1 is 1.41 bits per heavy atom. The van der Waals surface area contributed by atoms with Gasteiger partial charge in [0, 0.05) is 19.2 Å². The molecule has 0 aliphatic carbocycles. The van der Waals surface area contributed by atoms with Crippen molar-refractivity contribution in [2.75, 3.05) is 25.1 Å². The molecule has 0 spiro atoms. The largest absolute Gasteiger partial charge is 0.495 e. The van der Waals surface area contributed by atoms with E-state index in [-0.39, 0.29) is 0 Å². The maximum Gasteiger partial charge on any atom is 0.143 e. The second-order valence-electron chi connectivity index (χ2n) is 4.91. The van der Waals surface area contributed by atoms with Crippen LogP contribution in [0.2, 0.25) is 0 Å². The van der Waals surface area contributed by atoms with E-state index < -0.39 is 0 Å². The van der Waals surface area contributed by atoms with Crippen molar-refractivity contribution >= 4 is 5.69 Å². The van der Waals surface area contributed by atoms with Crippen LogP contribution in [-0.4, -0.2) is 20.2 Å². The van der Waals surface area contributed by atoms with Gasteiger partial charge in [0.05, 0.1) is 24.4 Å². The third-order valence-corrected chi connectivity index (χ3v) is 3.50. The lowest BCUT2D eigenvalue weighted by molar-refractivity contribution is 0.306. The summed E-state index contributed by atoms with van der Waals surface area (Å²) < 4.78 is 5.35. The van der Waals surface area contributed by atoms with Gasteiger partial charge in [-0.1, -0.05) is 13.8 Å². The van der Waals surface area contributed by atoms with E-state index in [4.69, 9.17) is 10.00 Å². The van der Waals surface area contributed by atoms with Crippen molar-refractivity contribution in [1.82, 2.24) is 0 Å². The average molecular weight is 230 g/mol. The Kier molecular flexibility index (Phi) is 3.23. The lowest BCUT2D eigenvalue weighted by Gasteiger charge is -2.43. The Balaban J connectivity index is 2.15. The molecule has 0 radical (unpaired) electrons. The standard InChI is InChI=1S/C14H18N2O/c1-10(2)12-8-16(9-12)13-5-4-11(7-15)6-14(13)17-3/h4-6,10,12H,8-9H2,1-3H3. The molecule has 1 saturated heterocycles. The second-order valence-corrected chi connectivity index (χ2v) is 4.91. The Bertz CT molecular complexity index is 442. The van der Waals surface area contributed by atoms with Crippen molar-refractivity contribution in [1.29, 1.82) is 5.26 Å². The fourth-order valence-electron chi connectivity index (χ4n) is 2.14. The van der Waals surface area contributed by atoms with Crippen LogP contribution in [0.15, 0.2) is 18.2 Å². The Morgan fingerprint density at radius 2 is 2.12 bits per heavy atom. The first kappa shape index (κ1) is 11.8. The monoisotopic (exact) mass is 230 g/mol. The number of hydrogen-bond donors (Lipinski definition) is 0. The minimum Gasteiger partial charge on any atom is -0.495 e. The van der Waals surface area contributed by atoms with Crippen LogP contribution in [0, 0.1) is 23.2 Å². The van der Waals surface area contributed by atoms with Gasteiger partial charge in [-0.2, -0.15) is 5.26 Å². The van der Waals surface area contributed by atoms with Gasteiger partial charge in [0.1, 0.15) is 5.75 Å². The number of hydrogen-bond acceptors (Lipinski definition) is 3. The highest BCUT2D eigenvalue weighted by Gasteiger charge is 2.30. The number of ether oxygens (including phenoxy) is 1. The third-order valence-electron chi connectivity index (χ3n) is 3.50. The molecule has 17 heavy (non-hydrogen) atoms. The molecule has 1 aromatic carbocycles. The minimum absolute atomic E-state index is 0.645. The molecule has 0 amide bonds. The molecule has 0 N–H and O–H groups in total. The van der Waals surface area contributed by atoms with Gasteiger partial charge in [-0.25, -0.2) is 0 Å². The smallest absolute Gasteiger partial charge is 0.143 e. The Hall–Kier alpha value is -1.69. The first-order valence-corrected chi connectivity index (χ1v) is 5.98. The number of methoxy groups -OCH3 is 1. The van der Waals surface area contributed by atoms with E-state index in [9.17, 15) is 0 Å². The number of benzene rings is 1. The van der Waals surface area contributed by atoms with Gasteiger partial charge in [-0.3, -0.25) is 0 Å². The van der Waals surface area contributed by atoms with Crippen LogP contribution in [0.1, 0.15) is 19.4 Å². The van der Waals surface area contributed by atoms with E-state index in [1.165, 1.54) is 0 Å². The SMILES string of the molecule is COc1cc(C#N)ccc1N1CC(C(C)C)C1. The van der Waals surface area contributed by atoms with E-state index in [1.54, 1.807) is 13.2 Å². The Labute approximate surface area is 103 Å². The van der Waals surface area contributed by atoms with Gasteiger partial charge >= 0.3 is 0 Å². The van der Waals surface area contributed by atoms with Crippen molar-refractivity contribution < 1.29 is 4.74 Å². The average Bonchev–Trinajstić information content (AvgIpc) is 2.27. The summed E-state index contributed by atoms with van der Waals surface area (Å²) in [6, 6.07) is 7.76. The van der Waals surface area contributed by atoms with Crippen LogP contribution in [-0.2, 0) is 0 Å².